The van der Waals surface area contributed by atoms with Gasteiger partial charge in [-0.2, -0.15) is 0 Å². The molecule has 15 heavy (non-hydrogen) atoms. The molecule has 1 heterocycles. The third-order valence-corrected chi connectivity index (χ3v) is 1.83. The topological polar surface area (TPSA) is 74.2 Å². The van der Waals surface area contributed by atoms with Gasteiger partial charge in [-0.05, 0) is 18.2 Å². The lowest BCUT2D eigenvalue weighted by Gasteiger charge is -1.99. The number of hydrogen-bond acceptors (Lipinski definition) is 5. The second-order valence-corrected chi connectivity index (χ2v) is 2.81. The van der Waals surface area contributed by atoms with Gasteiger partial charge in [0.05, 0.1) is 12.7 Å². The van der Waals surface area contributed by atoms with E-state index in [0.29, 0.717) is 11.3 Å². The van der Waals surface area contributed by atoms with Crippen molar-refractivity contribution in [1.82, 2.24) is 10.2 Å². The fourth-order valence-corrected chi connectivity index (χ4v) is 1.11. The molecule has 0 atom stereocenters. The highest BCUT2D eigenvalue weighted by molar-refractivity contribution is 5.70. The number of nitrogen functional groups attached to an aromatic ring is 1. The SMILES string of the molecule is COc1nnc(-c2cc(F)ccc2N)o1. The highest BCUT2D eigenvalue weighted by Gasteiger charge is 2.12. The van der Waals surface area contributed by atoms with E-state index >= 15 is 0 Å². The summed E-state index contributed by atoms with van der Waals surface area (Å²) in [6, 6.07) is 3.91. The van der Waals surface area contributed by atoms with E-state index in [2.05, 4.69) is 10.2 Å². The van der Waals surface area contributed by atoms with Crippen LogP contribution < -0.4 is 10.5 Å². The summed E-state index contributed by atoms with van der Waals surface area (Å²) < 4.78 is 22.7. The lowest BCUT2D eigenvalue weighted by molar-refractivity contribution is 0.293. The van der Waals surface area contributed by atoms with E-state index in [1.54, 1.807) is 0 Å². The van der Waals surface area contributed by atoms with Gasteiger partial charge in [0, 0.05) is 5.69 Å². The molecule has 0 aliphatic heterocycles. The fourth-order valence-electron chi connectivity index (χ4n) is 1.11. The average Bonchev–Trinajstić information content (AvgIpc) is 2.70. The molecule has 0 bridgehead atoms. The minimum atomic E-state index is -0.420. The largest absolute Gasteiger partial charge is 0.452 e. The predicted molar refractivity (Wildman–Crippen MR) is 50.7 cm³/mol. The molecule has 2 N–H and O–H groups in total. The maximum atomic E-state index is 12.9. The molecular formula is C9H8FN3O2. The quantitative estimate of drug-likeness (QED) is 0.758. The molecule has 0 radical (unpaired) electrons. The van der Waals surface area contributed by atoms with Crippen LogP contribution in [0.5, 0.6) is 6.08 Å². The molecule has 0 spiro atoms. The Labute approximate surface area is 84.7 Å². The first-order valence-electron chi connectivity index (χ1n) is 4.13. The van der Waals surface area contributed by atoms with Crippen molar-refractivity contribution in [3.63, 3.8) is 0 Å². The zero-order valence-electron chi connectivity index (χ0n) is 7.90. The molecule has 0 amide bonds. The van der Waals surface area contributed by atoms with Crippen molar-refractivity contribution < 1.29 is 13.5 Å². The number of nitrogens with zero attached hydrogens (tertiary/aromatic N) is 2. The molecular weight excluding hydrogens is 201 g/mol. The van der Waals surface area contributed by atoms with Gasteiger partial charge in [0.2, 0.25) is 0 Å². The van der Waals surface area contributed by atoms with Crippen LogP contribution in [-0.2, 0) is 0 Å². The Morgan fingerprint density at radius 3 is 2.87 bits per heavy atom. The summed E-state index contributed by atoms with van der Waals surface area (Å²) in [5.74, 6) is -0.291. The summed E-state index contributed by atoms with van der Waals surface area (Å²) in [5.41, 5.74) is 6.35. The molecule has 0 saturated heterocycles. The van der Waals surface area contributed by atoms with Crippen molar-refractivity contribution in [3.8, 4) is 17.5 Å². The molecule has 0 fully saturated rings. The van der Waals surface area contributed by atoms with Gasteiger partial charge in [-0.15, -0.1) is 5.10 Å². The molecule has 2 rings (SSSR count). The second kappa shape index (κ2) is 3.56. The number of ether oxygens (including phenoxy) is 1. The second-order valence-electron chi connectivity index (χ2n) is 2.81. The molecule has 2 aromatic rings. The highest BCUT2D eigenvalue weighted by atomic mass is 19.1. The van der Waals surface area contributed by atoms with E-state index < -0.39 is 5.82 Å². The molecule has 6 heteroatoms. The number of benzene rings is 1. The van der Waals surface area contributed by atoms with Crippen LogP contribution in [0.4, 0.5) is 10.1 Å². The first-order chi connectivity index (χ1) is 7.20. The molecule has 1 aromatic carbocycles. The summed E-state index contributed by atoms with van der Waals surface area (Å²) in [7, 11) is 1.40. The number of anilines is 1. The van der Waals surface area contributed by atoms with Crippen molar-refractivity contribution in [2.75, 3.05) is 12.8 Å². The summed E-state index contributed by atoms with van der Waals surface area (Å²) >= 11 is 0. The van der Waals surface area contributed by atoms with Gasteiger partial charge in [0.15, 0.2) is 0 Å². The van der Waals surface area contributed by atoms with Gasteiger partial charge in [-0.1, -0.05) is 5.10 Å². The van der Waals surface area contributed by atoms with Crippen molar-refractivity contribution in [1.29, 1.82) is 0 Å². The van der Waals surface area contributed by atoms with E-state index in [1.165, 1.54) is 25.3 Å². The summed E-state index contributed by atoms with van der Waals surface area (Å²) in [5, 5.41) is 7.24. The van der Waals surface area contributed by atoms with Crippen LogP contribution in [0.1, 0.15) is 0 Å². The molecule has 78 valence electrons. The Bertz CT molecular complexity index is 484. The number of methoxy groups -OCH3 is 1. The van der Waals surface area contributed by atoms with Gasteiger partial charge >= 0.3 is 6.08 Å². The van der Waals surface area contributed by atoms with Crippen molar-refractivity contribution in [3.05, 3.63) is 24.0 Å². The highest BCUT2D eigenvalue weighted by Crippen LogP contribution is 2.26. The zero-order valence-corrected chi connectivity index (χ0v) is 7.90. The Balaban J connectivity index is 2.48. The van der Waals surface area contributed by atoms with Crippen LogP contribution in [-0.4, -0.2) is 17.3 Å². The van der Waals surface area contributed by atoms with Gasteiger partial charge in [-0.3, -0.25) is 0 Å². The zero-order chi connectivity index (χ0) is 10.8. The van der Waals surface area contributed by atoms with Gasteiger partial charge in [-0.25, -0.2) is 4.39 Å². The minimum absolute atomic E-state index is 0.00802. The van der Waals surface area contributed by atoms with E-state index in [9.17, 15) is 4.39 Å². The smallest absolute Gasteiger partial charge is 0.414 e. The van der Waals surface area contributed by atoms with Crippen LogP contribution >= 0.6 is 0 Å². The van der Waals surface area contributed by atoms with Crippen LogP contribution in [0.25, 0.3) is 11.5 Å². The van der Waals surface area contributed by atoms with Gasteiger partial charge in [0.1, 0.15) is 5.82 Å². The van der Waals surface area contributed by atoms with Crippen LogP contribution in [0.15, 0.2) is 22.6 Å². The lowest BCUT2D eigenvalue weighted by Crippen LogP contribution is -1.91. The predicted octanol–water partition coefficient (Wildman–Crippen LogP) is 1.47. The normalized spacial score (nSPS) is 10.3. The molecule has 0 unspecified atom stereocenters. The summed E-state index contributed by atoms with van der Waals surface area (Å²) in [6.07, 6.45) is 0.00802. The van der Waals surface area contributed by atoms with Gasteiger partial charge < -0.3 is 14.9 Å². The van der Waals surface area contributed by atoms with E-state index in [4.69, 9.17) is 14.9 Å². The molecule has 0 aliphatic rings. The van der Waals surface area contributed by atoms with E-state index in [1.807, 2.05) is 0 Å². The number of hydrogen-bond donors (Lipinski definition) is 1. The van der Waals surface area contributed by atoms with Crippen LogP contribution in [0.2, 0.25) is 0 Å². The first kappa shape index (κ1) is 9.45. The van der Waals surface area contributed by atoms with Crippen LogP contribution in [0.3, 0.4) is 0 Å². The van der Waals surface area contributed by atoms with Crippen molar-refractivity contribution in [2.45, 2.75) is 0 Å². The third kappa shape index (κ3) is 1.74. The summed E-state index contributed by atoms with van der Waals surface area (Å²) in [4.78, 5) is 0. The Morgan fingerprint density at radius 1 is 1.40 bits per heavy atom. The number of nitrogens with two attached hydrogens (primary N) is 1. The number of aromatic nitrogens is 2. The van der Waals surface area contributed by atoms with Crippen molar-refractivity contribution in [2.24, 2.45) is 0 Å². The Kier molecular flexibility index (Phi) is 2.24. The monoisotopic (exact) mass is 209 g/mol. The maximum absolute atomic E-state index is 12.9. The molecule has 5 nitrogen and oxygen atoms in total. The van der Waals surface area contributed by atoms with Crippen molar-refractivity contribution >= 4 is 5.69 Å². The van der Waals surface area contributed by atoms with Gasteiger partial charge in [0.25, 0.3) is 5.89 Å². The average molecular weight is 209 g/mol. The maximum Gasteiger partial charge on any atom is 0.414 e. The van der Waals surface area contributed by atoms with E-state index in [0.717, 1.165) is 0 Å². The molecule has 1 aromatic heterocycles. The number of halogens is 1. The van der Waals surface area contributed by atoms with Crippen LogP contribution in [0, 0.1) is 5.82 Å². The Morgan fingerprint density at radius 2 is 2.20 bits per heavy atom. The lowest BCUT2D eigenvalue weighted by atomic mass is 10.2. The van der Waals surface area contributed by atoms with E-state index in [-0.39, 0.29) is 12.0 Å². The minimum Gasteiger partial charge on any atom is -0.452 e. The molecule has 0 aliphatic carbocycles. The standard InChI is InChI=1S/C9H8FN3O2/c1-14-9-13-12-8(15-9)6-4-5(10)2-3-7(6)11/h2-4H,11H2,1H3. The first-order valence-corrected chi connectivity index (χ1v) is 4.13. The third-order valence-electron chi connectivity index (χ3n) is 1.83. The Hall–Kier alpha value is -2.11. The molecule has 0 saturated carbocycles. The summed E-state index contributed by atoms with van der Waals surface area (Å²) in [6.45, 7) is 0. The fraction of sp³-hybridized carbons (Fsp3) is 0.111. The number of rotatable bonds is 2.